The summed E-state index contributed by atoms with van der Waals surface area (Å²) in [6, 6.07) is 11.4. The van der Waals surface area contributed by atoms with E-state index >= 15 is 0 Å². The third-order valence-electron chi connectivity index (χ3n) is 2.25. The number of hydrogen-bond acceptors (Lipinski definition) is 2. The molecule has 1 aromatic heterocycles. The molecule has 0 aliphatic rings. The van der Waals surface area contributed by atoms with E-state index in [1.807, 2.05) is 47.2 Å². The SMILES string of the molecule is O=[N+]([O-])C=Cc1cccn1-c1ccc(Br)cc1. The van der Waals surface area contributed by atoms with Crippen molar-refractivity contribution >= 4 is 22.0 Å². The van der Waals surface area contributed by atoms with Gasteiger partial charge in [0.2, 0.25) is 6.20 Å². The summed E-state index contributed by atoms with van der Waals surface area (Å²) in [6.45, 7) is 0. The van der Waals surface area contributed by atoms with Crippen LogP contribution in [0.3, 0.4) is 0 Å². The Morgan fingerprint density at radius 2 is 1.94 bits per heavy atom. The van der Waals surface area contributed by atoms with Crippen LogP contribution in [0.25, 0.3) is 11.8 Å². The summed E-state index contributed by atoms with van der Waals surface area (Å²) < 4.78 is 2.88. The van der Waals surface area contributed by atoms with E-state index in [-0.39, 0.29) is 0 Å². The Bertz CT molecular complexity index is 558. The van der Waals surface area contributed by atoms with Gasteiger partial charge in [0, 0.05) is 22.4 Å². The number of aromatic nitrogens is 1. The van der Waals surface area contributed by atoms with E-state index in [0.717, 1.165) is 22.1 Å². The second kappa shape index (κ2) is 4.97. The van der Waals surface area contributed by atoms with Gasteiger partial charge in [-0.3, -0.25) is 10.1 Å². The first-order valence-electron chi connectivity index (χ1n) is 4.92. The van der Waals surface area contributed by atoms with Gasteiger partial charge in [-0.05, 0) is 36.4 Å². The van der Waals surface area contributed by atoms with Crippen LogP contribution in [-0.2, 0) is 0 Å². The zero-order valence-electron chi connectivity index (χ0n) is 8.79. The van der Waals surface area contributed by atoms with Crippen LogP contribution in [0.2, 0.25) is 0 Å². The topological polar surface area (TPSA) is 48.1 Å². The average Bonchev–Trinajstić information content (AvgIpc) is 2.75. The van der Waals surface area contributed by atoms with Gasteiger partial charge in [-0.1, -0.05) is 15.9 Å². The van der Waals surface area contributed by atoms with Crippen LogP contribution in [0.1, 0.15) is 5.69 Å². The van der Waals surface area contributed by atoms with Gasteiger partial charge in [0.1, 0.15) is 0 Å². The normalized spacial score (nSPS) is 10.9. The minimum Gasteiger partial charge on any atom is -0.317 e. The number of nitrogens with zero attached hydrogens (tertiary/aromatic N) is 2. The average molecular weight is 293 g/mol. The van der Waals surface area contributed by atoms with Crippen molar-refractivity contribution in [2.75, 3.05) is 0 Å². The largest absolute Gasteiger partial charge is 0.317 e. The minimum absolute atomic E-state index is 0.473. The fraction of sp³-hybridized carbons (Fsp3) is 0. The van der Waals surface area contributed by atoms with Crippen LogP contribution in [0.15, 0.2) is 53.3 Å². The third kappa shape index (κ3) is 2.82. The highest BCUT2D eigenvalue weighted by molar-refractivity contribution is 9.10. The Labute approximate surface area is 106 Å². The molecule has 0 N–H and O–H groups in total. The van der Waals surface area contributed by atoms with Gasteiger partial charge in [-0.15, -0.1) is 0 Å². The molecule has 0 bridgehead atoms. The standard InChI is InChI=1S/C12H9BrN2O2/c13-10-3-5-12(6-4-10)14-8-1-2-11(14)7-9-15(16)17/h1-9H. The number of halogens is 1. The molecule has 0 aliphatic carbocycles. The van der Waals surface area contributed by atoms with Crippen molar-refractivity contribution in [3.05, 3.63) is 69.1 Å². The Hall–Kier alpha value is -1.88. The molecule has 0 amide bonds. The molecule has 2 aromatic rings. The molecule has 1 aromatic carbocycles. The highest BCUT2D eigenvalue weighted by Gasteiger charge is 2.01. The van der Waals surface area contributed by atoms with Crippen LogP contribution < -0.4 is 0 Å². The van der Waals surface area contributed by atoms with Gasteiger partial charge in [-0.25, -0.2) is 0 Å². The molecular formula is C12H9BrN2O2. The molecule has 0 atom stereocenters. The Morgan fingerprint density at radius 3 is 2.59 bits per heavy atom. The van der Waals surface area contributed by atoms with Crippen molar-refractivity contribution in [2.45, 2.75) is 0 Å². The van der Waals surface area contributed by atoms with E-state index in [1.165, 1.54) is 6.08 Å². The summed E-state index contributed by atoms with van der Waals surface area (Å²) in [4.78, 5) is 9.82. The molecule has 0 radical (unpaired) electrons. The van der Waals surface area contributed by atoms with Crippen LogP contribution >= 0.6 is 15.9 Å². The first-order chi connectivity index (χ1) is 8.16. The molecule has 17 heavy (non-hydrogen) atoms. The first-order valence-corrected chi connectivity index (χ1v) is 5.71. The molecule has 2 rings (SSSR count). The molecule has 0 saturated carbocycles. The molecule has 86 valence electrons. The van der Waals surface area contributed by atoms with E-state index < -0.39 is 4.92 Å². The Kier molecular flexibility index (Phi) is 3.39. The molecule has 5 heteroatoms. The van der Waals surface area contributed by atoms with E-state index in [1.54, 1.807) is 0 Å². The van der Waals surface area contributed by atoms with E-state index in [0.29, 0.717) is 0 Å². The maximum atomic E-state index is 10.3. The van der Waals surface area contributed by atoms with E-state index in [4.69, 9.17) is 0 Å². The lowest BCUT2D eigenvalue weighted by molar-refractivity contribution is -0.401. The highest BCUT2D eigenvalue weighted by atomic mass is 79.9. The fourth-order valence-corrected chi connectivity index (χ4v) is 1.77. The molecule has 0 aliphatic heterocycles. The summed E-state index contributed by atoms with van der Waals surface area (Å²) in [5.41, 5.74) is 1.73. The van der Waals surface area contributed by atoms with Gasteiger partial charge in [-0.2, -0.15) is 0 Å². The first kappa shape index (κ1) is 11.6. The Balaban J connectivity index is 2.36. The summed E-state index contributed by atoms with van der Waals surface area (Å²) in [5.74, 6) is 0. The van der Waals surface area contributed by atoms with Gasteiger partial charge in [0.05, 0.1) is 10.6 Å². The minimum atomic E-state index is -0.473. The third-order valence-corrected chi connectivity index (χ3v) is 2.78. The van der Waals surface area contributed by atoms with Crippen LogP contribution in [0.4, 0.5) is 0 Å². The van der Waals surface area contributed by atoms with Crippen molar-refractivity contribution in [3.63, 3.8) is 0 Å². The van der Waals surface area contributed by atoms with E-state index in [2.05, 4.69) is 15.9 Å². The second-order valence-corrected chi connectivity index (χ2v) is 4.30. The zero-order chi connectivity index (χ0) is 12.3. The molecule has 4 nitrogen and oxygen atoms in total. The van der Waals surface area contributed by atoms with Crippen molar-refractivity contribution < 1.29 is 4.92 Å². The quantitative estimate of drug-likeness (QED) is 0.642. The molecule has 1 heterocycles. The van der Waals surface area contributed by atoms with Gasteiger partial charge >= 0.3 is 0 Å². The second-order valence-electron chi connectivity index (χ2n) is 3.38. The lowest BCUT2D eigenvalue weighted by Crippen LogP contribution is -1.94. The zero-order valence-corrected chi connectivity index (χ0v) is 10.4. The Morgan fingerprint density at radius 1 is 1.24 bits per heavy atom. The van der Waals surface area contributed by atoms with E-state index in [9.17, 15) is 10.1 Å². The van der Waals surface area contributed by atoms with Crippen molar-refractivity contribution in [2.24, 2.45) is 0 Å². The highest BCUT2D eigenvalue weighted by Crippen LogP contribution is 2.17. The van der Waals surface area contributed by atoms with Crippen molar-refractivity contribution in [1.29, 1.82) is 0 Å². The van der Waals surface area contributed by atoms with Crippen LogP contribution in [-0.4, -0.2) is 9.49 Å². The smallest absolute Gasteiger partial charge is 0.236 e. The molecule has 0 spiro atoms. The van der Waals surface area contributed by atoms with Gasteiger partial charge < -0.3 is 4.57 Å². The molecule has 0 saturated heterocycles. The summed E-state index contributed by atoms with van der Waals surface area (Å²) in [7, 11) is 0. The fourth-order valence-electron chi connectivity index (χ4n) is 1.50. The summed E-state index contributed by atoms with van der Waals surface area (Å²) in [5, 5.41) is 10.3. The molecule has 0 unspecified atom stereocenters. The monoisotopic (exact) mass is 292 g/mol. The van der Waals surface area contributed by atoms with Gasteiger partial charge in [0.25, 0.3) is 0 Å². The maximum absolute atomic E-state index is 10.3. The molecule has 0 fully saturated rings. The number of rotatable bonds is 3. The van der Waals surface area contributed by atoms with Crippen molar-refractivity contribution in [3.8, 4) is 5.69 Å². The lowest BCUT2D eigenvalue weighted by atomic mass is 10.3. The van der Waals surface area contributed by atoms with Crippen LogP contribution in [0, 0.1) is 10.1 Å². The molecular weight excluding hydrogens is 284 g/mol. The predicted octanol–water partition coefficient (Wildman–Crippen LogP) is 3.49. The lowest BCUT2D eigenvalue weighted by Gasteiger charge is -2.05. The summed E-state index contributed by atoms with van der Waals surface area (Å²) >= 11 is 3.36. The van der Waals surface area contributed by atoms with Crippen molar-refractivity contribution in [1.82, 2.24) is 4.57 Å². The summed E-state index contributed by atoms with van der Waals surface area (Å²) in [6.07, 6.45) is 4.27. The van der Waals surface area contributed by atoms with Crippen LogP contribution in [0.5, 0.6) is 0 Å². The number of benzene rings is 1. The van der Waals surface area contributed by atoms with Gasteiger partial charge in [0.15, 0.2) is 0 Å². The number of hydrogen-bond donors (Lipinski definition) is 0. The maximum Gasteiger partial charge on any atom is 0.236 e. The predicted molar refractivity (Wildman–Crippen MR) is 69.5 cm³/mol. The number of nitro groups is 1.